The molecular formula is C18H25NO2. The van der Waals surface area contributed by atoms with Crippen LogP contribution in [-0.4, -0.2) is 19.1 Å². The van der Waals surface area contributed by atoms with E-state index < -0.39 is 0 Å². The summed E-state index contributed by atoms with van der Waals surface area (Å²) in [5.41, 5.74) is 1.70. The van der Waals surface area contributed by atoms with Crippen molar-refractivity contribution >= 4 is 5.97 Å². The average molecular weight is 287 g/mol. The molecule has 2 aliphatic carbocycles. The van der Waals surface area contributed by atoms with Gasteiger partial charge in [-0.15, -0.1) is 0 Å². The number of nitrogens with one attached hydrogen (secondary N) is 1. The standard InChI is InChI=1S/C18H25NO2/c1-12(17-10-13-7-8-14(17)9-13)19-11-15-5-3-4-6-16(15)18(20)21-2/h3-6,12-14,17,19H,7-11H2,1-2H3. The van der Waals surface area contributed by atoms with Crippen LogP contribution in [0.3, 0.4) is 0 Å². The summed E-state index contributed by atoms with van der Waals surface area (Å²) < 4.78 is 4.86. The summed E-state index contributed by atoms with van der Waals surface area (Å²) in [6.07, 6.45) is 5.69. The minimum absolute atomic E-state index is 0.250. The van der Waals surface area contributed by atoms with Gasteiger partial charge in [0.05, 0.1) is 12.7 Å². The Kier molecular flexibility index (Phi) is 4.29. The Bertz CT molecular complexity index is 514. The number of rotatable bonds is 5. The molecule has 0 radical (unpaired) electrons. The maximum atomic E-state index is 11.8. The zero-order valence-electron chi connectivity index (χ0n) is 13.0. The van der Waals surface area contributed by atoms with Crippen molar-refractivity contribution in [2.75, 3.05) is 7.11 Å². The summed E-state index contributed by atoms with van der Waals surface area (Å²) in [5.74, 6) is 2.47. The number of esters is 1. The highest BCUT2D eigenvalue weighted by Gasteiger charge is 2.41. The smallest absolute Gasteiger partial charge is 0.338 e. The molecule has 114 valence electrons. The number of benzene rings is 1. The SMILES string of the molecule is COC(=O)c1ccccc1CNC(C)C1CC2CCC1C2. The minimum Gasteiger partial charge on any atom is -0.465 e. The summed E-state index contributed by atoms with van der Waals surface area (Å²) in [7, 11) is 1.43. The molecule has 3 rings (SSSR count). The van der Waals surface area contributed by atoms with Crippen LogP contribution in [0.15, 0.2) is 24.3 Å². The van der Waals surface area contributed by atoms with Crippen molar-refractivity contribution in [1.82, 2.24) is 5.32 Å². The maximum Gasteiger partial charge on any atom is 0.338 e. The molecule has 2 aliphatic rings. The second-order valence-corrected chi connectivity index (χ2v) is 6.66. The van der Waals surface area contributed by atoms with E-state index in [0.717, 1.165) is 29.9 Å². The zero-order chi connectivity index (χ0) is 14.8. The van der Waals surface area contributed by atoms with Gasteiger partial charge in [-0.2, -0.15) is 0 Å². The molecule has 0 saturated heterocycles. The lowest BCUT2D eigenvalue weighted by atomic mass is 9.84. The number of carbonyl (C=O) groups is 1. The molecule has 3 heteroatoms. The normalized spacial score (nSPS) is 28.6. The van der Waals surface area contributed by atoms with E-state index in [4.69, 9.17) is 4.74 Å². The Balaban J connectivity index is 1.61. The van der Waals surface area contributed by atoms with Gasteiger partial charge in [-0.25, -0.2) is 4.79 Å². The third-order valence-corrected chi connectivity index (χ3v) is 5.47. The van der Waals surface area contributed by atoms with Crippen molar-refractivity contribution < 1.29 is 9.53 Å². The van der Waals surface area contributed by atoms with E-state index in [-0.39, 0.29) is 5.97 Å². The molecule has 0 heterocycles. The van der Waals surface area contributed by atoms with Crippen molar-refractivity contribution in [2.24, 2.45) is 17.8 Å². The van der Waals surface area contributed by atoms with Crippen molar-refractivity contribution in [2.45, 2.75) is 45.2 Å². The molecule has 0 amide bonds. The average Bonchev–Trinajstić information content (AvgIpc) is 3.15. The lowest BCUT2D eigenvalue weighted by molar-refractivity contribution is 0.0599. The van der Waals surface area contributed by atoms with Gasteiger partial charge < -0.3 is 10.1 Å². The number of ether oxygens (including phenoxy) is 1. The van der Waals surface area contributed by atoms with Crippen molar-refractivity contribution in [1.29, 1.82) is 0 Å². The second-order valence-electron chi connectivity index (χ2n) is 6.66. The molecular weight excluding hydrogens is 262 g/mol. The third-order valence-electron chi connectivity index (χ3n) is 5.47. The zero-order valence-corrected chi connectivity index (χ0v) is 13.0. The molecule has 0 aliphatic heterocycles. The largest absolute Gasteiger partial charge is 0.465 e. The monoisotopic (exact) mass is 287 g/mol. The van der Waals surface area contributed by atoms with E-state index in [9.17, 15) is 4.79 Å². The van der Waals surface area contributed by atoms with Crippen LogP contribution >= 0.6 is 0 Å². The van der Waals surface area contributed by atoms with Gasteiger partial charge in [-0.1, -0.05) is 24.6 Å². The molecule has 4 atom stereocenters. The Morgan fingerprint density at radius 1 is 1.33 bits per heavy atom. The van der Waals surface area contributed by atoms with Crippen LogP contribution in [0.5, 0.6) is 0 Å². The van der Waals surface area contributed by atoms with E-state index in [2.05, 4.69) is 12.2 Å². The Labute approximate surface area is 127 Å². The summed E-state index contributed by atoms with van der Waals surface area (Å²) >= 11 is 0. The van der Waals surface area contributed by atoms with Gasteiger partial charge in [0.25, 0.3) is 0 Å². The summed E-state index contributed by atoms with van der Waals surface area (Å²) in [6.45, 7) is 3.03. The number of methoxy groups -OCH3 is 1. The van der Waals surface area contributed by atoms with Gasteiger partial charge >= 0.3 is 5.97 Å². The molecule has 1 aromatic carbocycles. The first-order valence-electron chi connectivity index (χ1n) is 8.08. The van der Waals surface area contributed by atoms with Crippen LogP contribution in [0.4, 0.5) is 0 Å². The van der Waals surface area contributed by atoms with Gasteiger partial charge in [0.2, 0.25) is 0 Å². The van der Waals surface area contributed by atoms with Crippen molar-refractivity contribution in [3.63, 3.8) is 0 Å². The van der Waals surface area contributed by atoms with E-state index >= 15 is 0 Å². The van der Waals surface area contributed by atoms with Gasteiger partial charge in [0.15, 0.2) is 0 Å². The third kappa shape index (κ3) is 2.98. The van der Waals surface area contributed by atoms with E-state index in [1.807, 2.05) is 24.3 Å². The van der Waals surface area contributed by atoms with Gasteiger partial charge in [0.1, 0.15) is 0 Å². The molecule has 21 heavy (non-hydrogen) atoms. The van der Waals surface area contributed by atoms with Crippen LogP contribution in [0.25, 0.3) is 0 Å². The predicted molar refractivity (Wildman–Crippen MR) is 83.0 cm³/mol. The topological polar surface area (TPSA) is 38.3 Å². The predicted octanol–water partition coefficient (Wildman–Crippen LogP) is 3.39. The quantitative estimate of drug-likeness (QED) is 0.844. The summed E-state index contributed by atoms with van der Waals surface area (Å²) in [5, 5.41) is 3.64. The first-order chi connectivity index (χ1) is 10.2. The van der Waals surface area contributed by atoms with Crippen molar-refractivity contribution in [3.8, 4) is 0 Å². The molecule has 0 spiro atoms. The fourth-order valence-electron chi connectivity index (χ4n) is 4.31. The first kappa shape index (κ1) is 14.6. The van der Waals surface area contributed by atoms with Crippen LogP contribution in [0.1, 0.15) is 48.5 Å². The highest BCUT2D eigenvalue weighted by Crippen LogP contribution is 2.49. The summed E-state index contributed by atoms with van der Waals surface area (Å²) in [4.78, 5) is 11.8. The highest BCUT2D eigenvalue weighted by molar-refractivity contribution is 5.90. The number of hydrogen-bond acceptors (Lipinski definition) is 3. The first-order valence-corrected chi connectivity index (χ1v) is 8.08. The Morgan fingerprint density at radius 3 is 2.81 bits per heavy atom. The number of fused-ring (bicyclic) bond motifs is 2. The molecule has 3 nitrogen and oxygen atoms in total. The van der Waals surface area contributed by atoms with Crippen LogP contribution in [0.2, 0.25) is 0 Å². The number of carbonyl (C=O) groups excluding carboxylic acids is 1. The molecule has 4 unspecified atom stereocenters. The Hall–Kier alpha value is -1.35. The lowest BCUT2D eigenvalue weighted by Gasteiger charge is -2.29. The van der Waals surface area contributed by atoms with Crippen LogP contribution in [-0.2, 0) is 11.3 Å². The molecule has 2 fully saturated rings. The second kappa shape index (κ2) is 6.18. The lowest BCUT2D eigenvalue weighted by Crippen LogP contribution is -2.36. The van der Waals surface area contributed by atoms with E-state index in [1.165, 1.54) is 32.8 Å². The van der Waals surface area contributed by atoms with Crippen molar-refractivity contribution in [3.05, 3.63) is 35.4 Å². The van der Waals surface area contributed by atoms with Gasteiger partial charge in [0, 0.05) is 12.6 Å². The Morgan fingerprint density at radius 2 is 2.14 bits per heavy atom. The molecule has 2 saturated carbocycles. The molecule has 0 aromatic heterocycles. The van der Waals surface area contributed by atoms with E-state index in [1.54, 1.807) is 0 Å². The molecule has 1 N–H and O–H groups in total. The fourth-order valence-corrected chi connectivity index (χ4v) is 4.31. The van der Waals surface area contributed by atoms with Crippen LogP contribution < -0.4 is 5.32 Å². The number of hydrogen-bond donors (Lipinski definition) is 1. The summed E-state index contributed by atoms with van der Waals surface area (Å²) in [6, 6.07) is 8.23. The van der Waals surface area contributed by atoms with E-state index in [0.29, 0.717) is 11.6 Å². The fraction of sp³-hybridized carbons (Fsp3) is 0.611. The molecule has 2 bridgehead atoms. The van der Waals surface area contributed by atoms with Crippen LogP contribution in [0, 0.1) is 17.8 Å². The minimum atomic E-state index is -0.250. The van der Waals surface area contributed by atoms with Gasteiger partial charge in [-0.05, 0) is 55.6 Å². The maximum absolute atomic E-state index is 11.8. The molecule has 1 aromatic rings. The van der Waals surface area contributed by atoms with Gasteiger partial charge in [-0.3, -0.25) is 0 Å². The highest BCUT2D eigenvalue weighted by atomic mass is 16.5.